The molecule has 0 bridgehead atoms. The minimum absolute atomic E-state index is 0.164. The lowest BCUT2D eigenvalue weighted by Crippen LogP contribution is -3.15. The van der Waals surface area contributed by atoms with Gasteiger partial charge >= 0.3 is 0 Å². The van der Waals surface area contributed by atoms with Crippen LogP contribution < -0.4 is 14.4 Å². The van der Waals surface area contributed by atoms with E-state index in [1.165, 1.54) is 25.2 Å². The van der Waals surface area contributed by atoms with Crippen LogP contribution in [0.5, 0.6) is 11.5 Å². The van der Waals surface area contributed by atoms with Gasteiger partial charge < -0.3 is 19.1 Å². The first-order valence-corrected chi connectivity index (χ1v) is 10.2. The van der Waals surface area contributed by atoms with Crippen LogP contribution in [0, 0.1) is 0 Å². The van der Waals surface area contributed by atoms with Crippen LogP contribution in [0.4, 0.5) is 0 Å². The summed E-state index contributed by atoms with van der Waals surface area (Å²) < 4.78 is 43.7. The Kier molecular flexibility index (Phi) is 5.83. The van der Waals surface area contributed by atoms with Crippen LogP contribution in [-0.4, -0.2) is 72.4 Å². The van der Waals surface area contributed by atoms with E-state index in [0.29, 0.717) is 30.7 Å². The van der Waals surface area contributed by atoms with Gasteiger partial charge in [-0.2, -0.15) is 4.31 Å². The second-order valence-electron chi connectivity index (χ2n) is 6.51. The van der Waals surface area contributed by atoms with E-state index in [0.717, 1.165) is 39.1 Å². The highest BCUT2D eigenvalue weighted by molar-refractivity contribution is 7.89. The highest BCUT2D eigenvalue weighted by atomic mass is 32.2. The van der Waals surface area contributed by atoms with Gasteiger partial charge in [-0.15, -0.1) is 0 Å². The zero-order valence-corrected chi connectivity index (χ0v) is 15.7. The maximum absolute atomic E-state index is 13.0. The average molecular weight is 371 g/mol. The summed E-state index contributed by atoms with van der Waals surface area (Å²) in [4.78, 5) is 1.58. The molecule has 0 aliphatic carbocycles. The summed E-state index contributed by atoms with van der Waals surface area (Å²) in [6.45, 7) is 4.43. The molecule has 25 heavy (non-hydrogen) atoms. The number of quaternary nitrogens is 1. The molecule has 2 heterocycles. The van der Waals surface area contributed by atoms with Crippen LogP contribution >= 0.6 is 0 Å². The molecular formula is C17H27N2O5S+. The zero-order chi connectivity index (χ0) is 17.9. The SMILES string of the molecule is COc1ccc(OC)c(S(=O)(=O)N2CC[NH+](C[C@@H]3CCCO3)CC2)c1. The number of hydrogen-bond donors (Lipinski definition) is 1. The van der Waals surface area contributed by atoms with Gasteiger partial charge in [0.15, 0.2) is 0 Å². The molecule has 2 aliphatic heterocycles. The van der Waals surface area contributed by atoms with Crippen molar-refractivity contribution in [2.24, 2.45) is 0 Å². The van der Waals surface area contributed by atoms with Gasteiger partial charge in [-0.25, -0.2) is 8.42 Å². The second kappa shape index (κ2) is 7.90. The third-order valence-corrected chi connectivity index (χ3v) is 6.88. The number of methoxy groups -OCH3 is 2. The summed E-state index contributed by atoms with van der Waals surface area (Å²) in [6.07, 6.45) is 2.58. The van der Waals surface area contributed by atoms with E-state index in [9.17, 15) is 8.42 Å². The van der Waals surface area contributed by atoms with Gasteiger partial charge in [0.2, 0.25) is 10.0 Å². The normalized spacial score (nSPS) is 22.9. The van der Waals surface area contributed by atoms with E-state index < -0.39 is 10.0 Å². The van der Waals surface area contributed by atoms with Crippen molar-refractivity contribution in [2.45, 2.75) is 23.8 Å². The van der Waals surface area contributed by atoms with E-state index in [2.05, 4.69) is 0 Å². The molecule has 0 spiro atoms. The van der Waals surface area contributed by atoms with E-state index in [1.807, 2.05) is 0 Å². The van der Waals surface area contributed by atoms with Crippen LogP contribution in [0.25, 0.3) is 0 Å². The van der Waals surface area contributed by atoms with Crippen molar-refractivity contribution < 1.29 is 27.5 Å². The summed E-state index contributed by atoms with van der Waals surface area (Å²) >= 11 is 0. The molecule has 1 N–H and O–H groups in total. The molecule has 2 saturated heterocycles. The lowest BCUT2D eigenvalue weighted by Gasteiger charge is -2.32. The molecule has 1 atom stereocenters. The first-order chi connectivity index (χ1) is 12.0. The average Bonchev–Trinajstić information content (AvgIpc) is 3.14. The Morgan fingerprint density at radius 1 is 1.24 bits per heavy atom. The minimum Gasteiger partial charge on any atom is -0.497 e. The molecular weight excluding hydrogens is 344 g/mol. The molecule has 2 aliphatic rings. The number of benzene rings is 1. The third-order valence-electron chi connectivity index (χ3n) is 4.96. The number of nitrogens with one attached hydrogen (secondary N) is 1. The van der Waals surface area contributed by atoms with Gasteiger partial charge in [0.1, 0.15) is 29.0 Å². The Morgan fingerprint density at radius 2 is 2.00 bits per heavy atom. The van der Waals surface area contributed by atoms with Gasteiger partial charge in [-0.05, 0) is 25.0 Å². The third kappa shape index (κ3) is 4.08. The van der Waals surface area contributed by atoms with Crippen molar-refractivity contribution >= 4 is 10.0 Å². The molecule has 3 rings (SSSR count). The van der Waals surface area contributed by atoms with Crippen LogP contribution in [0.15, 0.2) is 23.1 Å². The molecule has 0 amide bonds. The lowest BCUT2D eigenvalue weighted by molar-refractivity contribution is -0.906. The predicted octanol–water partition coefficient (Wildman–Crippen LogP) is -0.228. The molecule has 8 heteroatoms. The molecule has 1 aromatic rings. The van der Waals surface area contributed by atoms with Crippen LogP contribution in [0.1, 0.15) is 12.8 Å². The number of piperazine rings is 1. The standard InChI is InChI=1S/C17H26N2O5S/c1-22-14-5-6-16(23-2)17(12-14)25(20,21)19-9-7-18(8-10-19)13-15-4-3-11-24-15/h5-6,12,15H,3-4,7-11,13H2,1-2H3/p+1/t15-/m0/s1. The smallest absolute Gasteiger partial charge is 0.247 e. The Labute approximate surface area is 149 Å². The lowest BCUT2D eigenvalue weighted by atomic mass is 10.2. The van der Waals surface area contributed by atoms with Gasteiger partial charge in [0.25, 0.3) is 0 Å². The highest BCUT2D eigenvalue weighted by Crippen LogP contribution is 2.30. The molecule has 0 saturated carbocycles. The Balaban J connectivity index is 1.69. The van der Waals surface area contributed by atoms with Crippen LogP contribution in [0.3, 0.4) is 0 Å². The topological polar surface area (TPSA) is 69.5 Å². The first-order valence-electron chi connectivity index (χ1n) is 8.72. The number of sulfonamides is 1. The summed E-state index contributed by atoms with van der Waals surface area (Å²) in [6, 6.07) is 4.85. The Morgan fingerprint density at radius 3 is 2.60 bits per heavy atom. The quantitative estimate of drug-likeness (QED) is 0.748. The van der Waals surface area contributed by atoms with Crippen molar-refractivity contribution in [1.82, 2.24) is 4.31 Å². The fourth-order valence-corrected chi connectivity index (χ4v) is 5.11. The van der Waals surface area contributed by atoms with E-state index in [1.54, 1.807) is 16.4 Å². The minimum atomic E-state index is -3.60. The molecule has 0 unspecified atom stereocenters. The number of rotatable bonds is 6. The van der Waals surface area contributed by atoms with Gasteiger partial charge in [0.05, 0.1) is 40.4 Å². The Hall–Kier alpha value is -1.35. The maximum atomic E-state index is 13.0. The molecule has 140 valence electrons. The molecule has 2 fully saturated rings. The molecule has 0 radical (unpaired) electrons. The van der Waals surface area contributed by atoms with Crippen molar-refractivity contribution in [2.75, 3.05) is 53.6 Å². The monoisotopic (exact) mass is 371 g/mol. The summed E-state index contributed by atoms with van der Waals surface area (Å²) in [5, 5.41) is 0. The van der Waals surface area contributed by atoms with Crippen LogP contribution in [0.2, 0.25) is 0 Å². The molecule has 7 nitrogen and oxygen atoms in total. The largest absolute Gasteiger partial charge is 0.497 e. The summed E-state index contributed by atoms with van der Waals surface area (Å²) in [5.41, 5.74) is 0. The zero-order valence-electron chi connectivity index (χ0n) is 14.9. The van der Waals surface area contributed by atoms with E-state index in [4.69, 9.17) is 14.2 Å². The highest BCUT2D eigenvalue weighted by Gasteiger charge is 2.34. The van der Waals surface area contributed by atoms with Gasteiger partial charge in [-0.3, -0.25) is 0 Å². The van der Waals surface area contributed by atoms with Gasteiger partial charge in [-0.1, -0.05) is 0 Å². The fraction of sp³-hybridized carbons (Fsp3) is 0.647. The number of ether oxygens (including phenoxy) is 3. The van der Waals surface area contributed by atoms with Crippen molar-refractivity contribution in [3.63, 3.8) is 0 Å². The maximum Gasteiger partial charge on any atom is 0.247 e. The van der Waals surface area contributed by atoms with Crippen molar-refractivity contribution in [3.05, 3.63) is 18.2 Å². The Bertz CT molecular complexity index is 680. The molecule has 1 aromatic carbocycles. The fourth-order valence-electron chi connectivity index (χ4n) is 3.50. The van der Waals surface area contributed by atoms with Crippen molar-refractivity contribution in [1.29, 1.82) is 0 Å². The van der Waals surface area contributed by atoms with Gasteiger partial charge in [0, 0.05) is 12.7 Å². The summed E-state index contributed by atoms with van der Waals surface area (Å²) in [7, 11) is -0.608. The van der Waals surface area contributed by atoms with Crippen molar-refractivity contribution in [3.8, 4) is 11.5 Å². The first kappa shape index (κ1) is 18.4. The number of hydrogen-bond acceptors (Lipinski definition) is 5. The summed E-state index contributed by atoms with van der Waals surface area (Å²) in [5.74, 6) is 0.844. The van der Waals surface area contributed by atoms with Crippen LogP contribution in [-0.2, 0) is 14.8 Å². The van der Waals surface area contributed by atoms with E-state index in [-0.39, 0.29) is 4.90 Å². The second-order valence-corrected chi connectivity index (χ2v) is 8.42. The predicted molar refractivity (Wildman–Crippen MR) is 92.8 cm³/mol. The van der Waals surface area contributed by atoms with E-state index >= 15 is 0 Å². The number of nitrogens with zero attached hydrogens (tertiary/aromatic N) is 1. The molecule has 0 aromatic heterocycles.